The lowest BCUT2D eigenvalue weighted by Crippen LogP contribution is -2.16. The average molecular weight is 234 g/mol. The van der Waals surface area contributed by atoms with Crippen molar-refractivity contribution in [1.29, 1.82) is 0 Å². The van der Waals surface area contributed by atoms with Gasteiger partial charge in [0, 0.05) is 6.54 Å². The van der Waals surface area contributed by atoms with Crippen LogP contribution in [0.15, 0.2) is 18.2 Å². The minimum Gasteiger partial charge on any atom is -0.369 e. The first-order valence-electron chi connectivity index (χ1n) is 5.86. The average Bonchev–Trinajstić information content (AvgIpc) is 2.89. The van der Waals surface area contributed by atoms with E-state index in [0.717, 1.165) is 26.1 Å². The van der Waals surface area contributed by atoms with Gasteiger partial charge in [-0.05, 0) is 37.6 Å². The first kappa shape index (κ1) is 10.5. The summed E-state index contributed by atoms with van der Waals surface area (Å²) in [7, 11) is 0. The summed E-state index contributed by atoms with van der Waals surface area (Å²) in [6.45, 7) is 2.73. The van der Waals surface area contributed by atoms with Gasteiger partial charge in [-0.15, -0.1) is 0 Å². The third-order valence-electron chi connectivity index (χ3n) is 3.35. The molecule has 1 aromatic heterocycles. The molecule has 2 aromatic rings. The van der Waals surface area contributed by atoms with Crippen LogP contribution in [0.5, 0.6) is 0 Å². The Labute approximate surface area is 98.6 Å². The van der Waals surface area contributed by atoms with Gasteiger partial charge in [0.1, 0.15) is 11.3 Å². The van der Waals surface area contributed by atoms with E-state index in [1.807, 2.05) is 0 Å². The quantitative estimate of drug-likeness (QED) is 0.825. The van der Waals surface area contributed by atoms with Gasteiger partial charge in [0.05, 0.1) is 5.52 Å². The molecule has 1 fully saturated rings. The molecule has 1 aliphatic heterocycles. The lowest BCUT2D eigenvalue weighted by atomic mass is 10.1. The second-order valence-corrected chi connectivity index (χ2v) is 4.55. The van der Waals surface area contributed by atoms with E-state index in [1.54, 1.807) is 16.7 Å². The number of hydrogen-bond acceptors (Lipinski definition) is 3. The Hall–Kier alpha value is -1.62. The smallest absolute Gasteiger partial charge is 0.201 e. The molecule has 3 N–H and O–H groups in total. The van der Waals surface area contributed by atoms with E-state index in [1.165, 1.54) is 6.07 Å². The summed E-state index contributed by atoms with van der Waals surface area (Å²) in [6.07, 6.45) is 1.10. The van der Waals surface area contributed by atoms with Crippen LogP contribution in [0.4, 0.5) is 10.3 Å². The molecule has 2 heterocycles. The molecule has 0 spiro atoms. The molecule has 4 nitrogen and oxygen atoms in total. The van der Waals surface area contributed by atoms with E-state index in [0.29, 0.717) is 22.9 Å². The molecule has 0 radical (unpaired) electrons. The molecule has 1 unspecified atom stereocenters. The van der Waals surface area contributed by atoms with Gasteiger partial charge in [0.25, 0.3) is 0 Å². The molecule has 0 bridgehead atoms. The summed E-state index contributed by atoms with van der Waals surface area (Å²) in [6, 6.07) is 4.90. The SMILES string of the molecule is Nc1nc2cccc(F)c2n1CC1CCNC1. The number of benzene rings is 1. The van der Waals surface area contributed by atoms with Crippen LogP contribution in [-0.4, -0.2) is 22.6 Å². The van der Waals surface area contributed by atoms with Crippen molar-refractivity contribution in [3.8, 4) is 0 Å². The Morgan fingerprint density at radius 3 is 3.18 bits per heavy atom. The van der Waals surface area contributed by atoms with Crippen LogP contribution < -0.4 is 11.1 Å². The second kappa shape index (κ2) is 4.00. The zero-order valence-corrected chi connectivity index (χ0v) is 9.49. The third-order valence-corrected chi connectivity index (χ3v) is 3.35. The minimum absolute atomic E-state index is 0.252. The van der Waals surface area contributed by atoms with Crippen molar-refractivity contribution in [3.63, 3.8) is 0 Å². The van der Waals surface area contributed by atoms with Gasteiger partial charge in [-0.25, -0.2) is 9.37 Å². The monoisotopic (exact) mass is 234 g/mol. The number of nitrogens with two attached hydrogens (primary N) is 1. The topological polar surface area (TPSA) is 55.9 Å². The van der Waals surface area contributed by atoms with Crippen LogP contribution >= 0.6 is 0 Å². The number of halogens is 1. The maximum Gasteiger partial charge on any atom is 0.201 e. The Balaban J connectivity index is 2.04. The standard InChI is InChI=1S/C12H15FN4/c13-9-2-1-3-10-11(9)17(12(14)16-10)7-8-4-5-15-6-8/h1-3,8,15H,4-7H2,(H2,14,16). The highest BCUT2D eigenvalue weighted by Crippen LogP contribution is 2.23. The Morgan fingerprint density at radius 1 is 1.53 bits per heavy atom. The van der Waals surface area contributed by atoms with Gasteiger partial charge in [-0.2, -0.15) is 0 Å². The Kier molecular flexibility index (Phi) is 2.48. The fourth-order valence-electron chi connectivity index (χ4n) is 2.47. The fraction of sp³-hybridized carbons (Fsp3) is 0.417. The van der Waals surface area contributed by atoms with Crippen LogP contribution in [0.25, 0.3) is 11.0 Å². The first-order chi connectivity index (χ1) is 8.25. The molecule has 1 aromatic carbocycles. The van der Waals surface area contributed by atoms with Crippen molar-refractivity contribution in [2.75, 3.05) is 18.8 Å². The molecule has 1 atom stereocenters. The number of nitrogen functional groups attached to an aromatic ring is 1. The summed E-state index contributed by atoms with van der Waals surface area (Å²) in [5, 5.41) is 3.30. The lowest BCUT2D eigenvalue weighted by Gasteiger charge is -2.11. The molecule has 90 valence electrons. The van der Waals surface area contributed by atoms with E-state index in [4.69, 9.17) is 5.73 Å². The molecular weight excluding hydrogens is 219 g/mol. The maximum atomic E-state index is 13.8. The van der Waals surface area contributed by atoms with Crippen molar-refractivity contribution in [2.24, 2.45) is 5.92 Å². The van der Waals surface area contributed by atoms with Gasteiger partial charge in [-0.1, -0.05) is 6.07 Å². The number of hydrogen-bond donors (Lipinski definition) is 2. The molecule has 1 saturated heterocycles. The number of imidazole rings is 1. The number of anilines is 1. The predicted octanol–water partition coefficient (Wildman–Crippen LogP) is 1.37. The van der Waals surface area contributed by atoms with Crippen LogP contribution in [-0.2, 0) is 6.54 Å². The number of para-hydroxylation sites is 1. The minimum atomic E-state index is -0.252. The van der Waals surface area contributed by atoms with Crippen LogP contribution in [0, 0.1) is 11.7 Å². The zero-order chi connectivity index (χ0) is 11.8. The van der Waals surface area contributed by atoms with Crippen LogP contribution in [0.2, 0.25) is 0 Å². The summed E-state index contributed by atoms with van der Waals surface area (Å²) in [5.41, 5.74) is 7.02. The van der Waals surface area contributed by atoms with Gasteiger partial charge in [-0.3, -0.25) is 0 Å². The zero-order valence-electron chi connectivity index (χ0n) is 9.49. The Bertz CT molecular complexity index is 543. The maximum absolute atomic E-state index is 13.8. The van der Waals surface area contributed by atoms with Crippen molar-refractivity contribution < 1.29 is 4.39 Å². The van der Waals surface area contributed by atoms with E-state index >= 15 is 0 Å². The summed E-state index contributed by atoms with van der Waals surface area (Å²) in [5.74, 6) is 0.656. The van der Waals surface area contributed by atoms with Gasteiger partial charge in [0.2, 0.25) is 5.95 Å². The van der Waals surface area contributed by atoms with Gasteiger partial charge in [0.15, 0.2) is 0 Å². The number of nitrogens with one attached hydrogen (secondary N) is 1. The van der Waals surface area contributed by atoms with Crippen molar-refractivity contribution in [1.82, 2.24) is 14.9 Å². The normalized spacial score (nSPS) is 20.2. The number of rotatable bonds is 2. The molecule has 5 heteroatoms. The van der Waals surface area contributed by atoms with E-state index in [2.05, 4.69) is 10.3 Å². The summed E-state index contributed by atoms with van der Waals surface area (Å²) in [4.78, 5) is 4.20. The Morgan fingerprint density at radius 2 is 2.41 bits per heavy atom. The highest BCUT2D eigenvalue weighted by Gasteiger charge is 2.19. The summed E-state index contributed by atoms with van der Waals surface area (Å²) >= 11 is 0. The molecular formula is C12H15FN4. The second-order valence-electron chi connectivity index (χ2n) is 4.55. The molecule has 0 saturated carbocycles. The number of aromatic nitrogens is 2. The van der Waals surface area contributed by atoms with E-state index in [-0.39, 0.29) is 5.82 Å². The molecule has 3 rings (SSSR count). The number of fused-ring (bicyclic) bond motifs is 1. The third kappa shape index (κ3) is 1.76. The van der Waals surface area contributed by atoms with Crippen molar-refractivity contribution in [2.45, 2.75) is 13.0 Å². The lowest BCUT2D eigenvalue weighted by molar-refractivity contribution is 0.489. The number of nitrogens with zero attached hydrogens (tertiary/aromatic N) is 2. The molecule has 0 amide bonds. The fourth-order valence-corrected chi connectivity index (χ4v) is 2.47. The largest absolute Gasteiger partial charge is 0.369 e. The van der Waals surface area contributed by atoms with Gasteiger partial charge >= 0.3 is 0 Å². The van der Waals surface area contributed by atoms with Gasteiger partial charge < -0.3 is 15.6 Å². The molecule has 1 aliphatic rings. The van der Waals surface area contributed by atoms with E-state index < -0.39 is 0 Å². The van der Waals surface area contributed by atoms with E-state index in [9.17, 15) is 4.39 Å². The predicted molar refractivity (Wildman–Crippen MR) is 65.1 cm³/mol. The first-order valence-corrected chi connectivity index (χ1v) is 5.86. The van der Waals surface area contributed by atoms with Crippen LogP contribution in [0.3, 0.4) is 0 Å². The molecule has 0 aliphatic carbocycles. The van der Waals surface area contributed by atoms with Crippen molar-refractivity contribution >= 4 is 17.0 Å². The highest BCUT2D eigenvalue weighted by atomic mass is 19.1. The highest BCUT2D eigenvalue weighted by molar-refractivity contribution is 5.78. The molecule has 17 heavy (non-hydrogen) atoms. The summed E-state index contributed by atoms with van der Waals surface area (Å²) < 4.78 is 15.6. The van der Waals surface area contributed by atoms with Crippen LogP contribution in [0.1, 0.15) is 6.42 Å². The van der Waals surface area contributed by atoms with Crippen molar-refractivity contribution in [3.05, 3.63) is 24.0 Å².